The number of carbonyl (C=O) groups excluding carboxylic acids is 1. The Balaban J connectivity index is 1.69. The molecule has 6 heteroatoms. The van der Waals surface area contributed by atoms with Crippen LogP contribution in [0.3, 0.4) is 0 Å². The number of hydrogen-bond donors (Lipinski definition) is 1. The molecule has 0 saturated heterocycles. The summed E-state index contributed by atoms with van der Waals surface area (Å²) in [5.74, 6) is -0.140. The zero-order valence-electron chi connectivity index (χ0n) is 11.9. The lowest BCUT2D eigenvalue weighted by Crippen LogP contribution is -2.34. The van der Waals surface area contributed by atoms with Gasteiger partial charge in [-0.2, -0.15) is 0 Å². The first-order valence-corrected chi connectivity index (χ1v) is 7.04. The van der Waals surface area contributed by atoms with Crippen molar-refractivity contribution < 1.29 is 9.53 Å². The molecule has 1 aliphatic carbocycles. The third-order valence-electron chi connectivity index (χ3n) is 3.83. The molecular formula is C15H18N4O2. The third kappa shape index (κ3) is 3.11. The second-order valence-corrected chi connectivity index (χ2v) is 5.21. The van der Waals surface area contributed by atoms with Gasteiger partial charge in [-0.15, -0.1) is 0 Å². The number of aromatic nitrogens is 3. The summed E-state index contributed by atoms with van der Waals surface area (Å²) in [4.78, 5) is 20.4. The highest BCUT2D eigenvalue weighted by Crippen LogP contribution is 2.21. The first-order valence-electron chi connectivity index (χ1n) is 7.04. The maximum Gasteiger partial charge on any atom is 0.270 e. The van der Waals surface area contributed by atoms with Crippen LogP contribution in [0.15, 0.2) is 37.1 Å². The quantitative estimate of drug-likeness (QED) is 0.926. The van der Waals surface area contributed by atoms with Gasteiger partial charge in [0.2, 0.25) is 0 Å². The predicted octanol–water partition coefficient (Wildman–Crippen LogP) is 1.56. The van der Waals surface area contributed by atoms with Crippen LogP contribution in [-0.4, -0.2) is 39.7 Å². The van der Waals surface area contributed by atoms with Crippen molar-refractivity contribution in [1.82, 2.24) is 19.9 Å². The van der Waals surface area contributed by atoms with Gasteiger partial charge in [0.25, 0.3) is 5.91 Å². The van der Waals surface area contributed by atoms with E-state index in [0.29, 0.717) is 5.69 Å². The Morgan fingerprint density at radius 1 is 1.43 bits per heavy atom. The zero-order valence-corrected chi connectivity index (χ0v) is 11.9. The van der Waals surface area contributed by atoms with Gasteiger partial charge < -0.3 is 14.6 Å². The minimum absolute atomic E-state index is 0.140. The Labute approximate surface area is 123 Å². The van der Waals surface area contributed by atoms with Gasteiger partial charge in [-0.25, -0.2) is 4.98 Å². The van der Waals surface area contributed by atoms with Crippen LogP contribution < -0.4 is 5.32 Å². The first-order chi connectivity index (χ1) is 10.3. The van der Waals surface area contributed by atoms with E-state index in [-0.39, 0.29) is 18.1 Å². The number of ether oxygens (including phenoxy) is 1. The molecule has 21 heavy (non-hydrogen) atoms. The minimum atomic E-state index is -0.140. The van der Waals surface area contributed by atoms with Crippen LogP contribution >= 0.6 is 0 Å². The zero-order chi connectivity index (χ0) is 14.7. The van der Waals surface area contributed by atoms with Crippen molar-refractivity contribution in [3.05, 3.63) is 42.7 Å². The highest BCUT2D eigenvalue weighted by molar-refractivity contribution is 5.92. The number of pyridine rings is 1. The average molecular weight is 286 g/mol. The summed E-state index contributed by atoms with van der Waals surface area (Å²) in [6, 6.07) is 3.77. The summed E-state index contributed by atoms with van der Waals surface area (Å²) in [7, 11) is 1.71. The average Bonchev–Trinajstić information content (AvgIpc) is 3.18. The molecule has 0 bridgehead atoms. The smallest absolute Gasteiger partial charge is 0.270 e. The van der Waals surface area contributed by atoms with E-state index in [9.17, 15) is 4.79 Å². The van der Waals surface area contributed by atoms with Crippen molar-refractivity contribution in [1.29, 1.82) is 0 Å². The maximum absolute atomic E-state index is 12.3. The third-order valence-corrected chi connectivity index (χ3v) is 3.83. The van der Waals surface area contributed by atoms with E-state index in [1.807, 2.05) is 16.8 Å². The van der Waals surface area contributed by atoms with Crippen molar-refractivity contribution in [3.8, 4) is 5.69 Å². The molecule has 1 fully saturated rings. The summed E-state index contributed by atoms with van der Waals surface area (Å²) in [5, 5.41) is 3.03. The SMILES string of the molecule is COC1CCC(NC(=O)c2cc(-n3ccnc3)ccn2)C1. The molecule has 0 radical (unpaired) electrons. The fraction of sp³-hybridized carbons (Fsp3) is 0.400. The van der Waals surface area contributed by atoms with Gasteiger partial charge in [0.05, 0.1) is 18.1 Å². The van der Waals surface area contributed by atoms with Crippen LogP contribution in [-0.2, 0) is 4.74 Å². The van der Waals surface area contributed by atoms with Crippen LogP contribution in [0.1, 0.15) is 29.8 Å². The number of carbonyl (C=O) groups is 1. The van der Waals surface area contributed by atoms with Gasteiger partial charge in [0.15, 0.2) is 0 Å². The van der Waals surface area contributed by atoms with E-state index < -0.39 is 0 Å². The van der Waals surface area contributed by atoms with Gasteiger partial charge in [0, 0.05) is 31.7 Å². The lowest BCUT2D eigenvalue weighted by Gasteiger charge is -2.13. The highest BCUT2D eigenvalue weighted by Gasteiger charge is 2.26. The number of methoxy groups -OCH3 is 1. The fourth-order valence-corrected chi connectivity index (χ4v) is 2.66. The molecule has 0 aliphatic heterocycles. The van der Waals surface area contributed by atoms with Crippen LogP contribution in [0.4, 0.5) is 0 Å². The Bertz CT molecular complexity index is 612. The molecule has 0 spiro atoms. The molecule has 6 nitrogen and oxygen atoms in total. The lowest BCUT2D eigenvalue weighted by atomic mass is 10.2. The number of nitrogens with one attached hydrogen (secondary N) is 1. The van der Waals surface area contributed by atoms with E-state index in [2.05, 4.69) is 15.3 Å². The first kappa shape index (κ1) is 13.8. The fourth-order valence-electron chi connectivity index (χ4n) is 2.66. The van der Waals surface area contributed by atoms with E-state index in [1.54, 1.807) is 31.9 Å². The lowest BCUT2D eigenvalue weighted by molar-refractivity contribution is 0.0910. The molecular weight excluding hydrogens is 268 g/mol. The summed E-state index contributed by atoms with van der Waals surface area (Å²) in [5.41, 5.74) is 1.29. The van der Waals surface area contributed by atoms with Gasteiger partial charge in [-0.3, -0.25) is 9.78 Å². The second-order valence-electron chi connectivity index (χ2n) is 5.21. The van der Waals surface area contributed by atoms with Crippen molar-refractivity contribution in [2.24, 2.45) is 0 Å². The molecule has 1 aliphatic rings. The Hall–Kier alpha value is -2.21. The molecule has 3 rings (SSSR count). The molecule has 1 amide bonds. The van der Waals surface area contributed by atoms with Gasteiger partial charge in [-0.05, 0) is 31.4 Å². The number of rotatable bonds is 4. The molecule has 2 aromatic rings. The van der Waals surface area contributed by atoms with Crippen LogP contribution in [0.2, 0.25) is 0 Å². The van der Waals surface area contributed by atoms with E-state index in [1.165, 1.54) is 0 Å². The topological polar surface area (TPSA) is 69.0 Å². The molecule has 1 saturated carbocycles. The maximum atomic E-state index is 12.3. The van der Waals surface area contributed by atoms with Crippen LogP contribution in [0.25, 0.3) is 5.69 Å². The molecule has 1 N–H and O–H groups in total. The van der Waals surface area contributed by atoms with Gasteiger partial charge in [-0.1, -0.05) is 0 Å². The number of hydrogen-bond acceptors (Lipinski definition) is 4. The number of imidazole rings is 1. The Kier molecular flexibility index (Phi) is 3.96. The number of nitrogens with zero attached hydrogens (tertiary/aromatic N) is 3. The molecule has 0 aromatic carbocycles. The molecule has 2 heterocycles. The summed E-state index contributed by atoms with van der Waals surface area (Å²) in [6.45, 7) is 0. The van der Waals surface area contributed by atoms with E-state index in [4.69, 9.17) is 4.74 Å². The van der Waals surface area contributed by atoms with Crippen molar-refractivity contribution in [2.45, 2.75) is 31.4 Å². The van der Waals surface area contributed by atoms with Gasteiger partial charge in [0.1, 0.15) is 5.69 Å². The highest BCUT2D eigenvalue weighted by atomic mass is 16.5. The minimum Gasteiger partial charge on any atom is -0.381 e. The summed E-state index contributed by atoms with van der Waals surface area (Å²) >= 11 is 0. The second kappa shape index (κ2) is 6.05. The Morgan fingerprint density at radius 3 is 3.05 bits per heavy atom. The van der Waals surface area contributed by atoms with Crippen molar-refractivity contribution in [3.63, 3.8) is 0 Å². The molecule has 2 aromatic heterocycles. The van der Waals surface area contributed by atoms with E-state index in [0.717, 1.165) is 24.9 Å². The van der Waals surface area contributed by atoms with Crippen LogP contribution in [0, 0.1) is 0 Å². The van der Waals surface area contributed by atoms with E-state index >= 15 is 0 Å². The monoisotopic (exact) mass is 286 g/mol. The normalized spacial score (nSPS) is 21.4. The molecule has 2 unspecified atom stereocenters. The van der Waals surface area contributed by atoms with Gasteiger partial charge >= 0.3 is 0 Å². The largest absolute Gasteiger partial charge is 0.381 e. The number of amides is 1. The van der Waals surface area contributed by atoms with Crippen molar-refractivity contribution >= 4 is 5.91 Å². The summed E-state index contributed by atoms with van der Waals surface area (Å²) < 4.78 is 7.16. The Morgan fingerprint density at radius 2 is 2.33 bits per heavy atom. The molecule has 2 atom stereocenters. The molecule has 110 valence electrons. The standard InChI is InChI=1S/C15H18N4O2/c1-21-13-3-2-11(8-13)18-15(20)14-9-12(4-5-17-14)19-7-6-16-10-19/h4-7,9-11,13H,2-3,8H2,1H3,(H,18,20). The van der Waals surface area contributed by atoms with Crippen LogP contribution in [0.5, 0.6) is 0 Å². The van der Waals surface area contributed by atoms with Crippen molar-refractivity contribution in [2.75, 3.05) is 7.11 Å². The predicted molar refractivity (Wildman–Crippen MR) is 77.3 cm³/mol. The summed E-state index contributed by atoms with van der Waals surface area (Å²) in [6.07, 6.45) is 9.91.